The molecule has 2 aromatic carbocycles. The van der Waals surface area contributed by atoms with Crippen LogP contribution in [0, 0.1) is 6.92 Å². The molecule has 1 N–H and O–H groups in total. The van der Waals surface area contributed by atoms with Crippen LogP contribution in [0.1, 0.15) is 24.0 Å². The van der Waals surface area contributed by atoms with Crippen molar-refractivity contribution in [2.24, 2.45) is 0 Å². The summed E-state index contributed by atoms with van der Waals surface area (Å²) in [4.78, 5) is 2.48. The van der Waals surface area contributed by atoms with Crippen molar-refractivity contribution >= 4 is 11.4 Å². The van der Waals surface area contributed by atoms with Crippen LogP contribution >= 0.6 is 0 Å². The van der Waals surface area contributed by atoms with Crippen molar-refractivity contribution in [1.82, 2.24) is 0 Å². The summed E-state index contributed by atoms with van der Waals surface area (Å²) in [5.41, 5.74) is 5.24. The second-order valence-corrected chi connectivity index (χ2v) is 5.55. The number of aryl methyl sites for hydroxylation is 1. The van der Waals surface area contributed by atoms with Crippen molar-refractivity contribution < 1.29 is 0 Å². The molecule has 2 nitrogen and oxygen atoms in total. The van der Waals surface area contributed by atoms with Crippen molar-refractivity contribution in [3.8, 4) is 0 Å². The van der Waals surface area contributed by atoms with E-state index in [2.05, 4.69) is 65.7 Å². The summed E-state index contributed by atoms with van der Waals surface area (Å²) in [6.07, 6.45) is 2.62. The minimum Gasteiger partial charge on any atom is -0.379 e. The molecular weight excluding hydrogens is 244 g/mol. The number of rotatable bonds is 4. The highest BCUT2D eigenvalue weighted by atomic mass is 15.2. The highest BCUT2D eigenvalue weighted by Gasteiger charge is 2.14. The third-order valence-electron chi connectivity index (χ3n) is 3.92. The molecule has 1 fully saturated rings. The van der Waals surface area contributed by atoms with E-state index in [1.807, 2.05) is 0 Å². The summed E-state index contributed by atoms with van der Waals surface area (Å²) in [5, 5.41) is 3.59. The fourth-order valence-electron chi connectivity index (χ4n) is 2.88. The van der Waals surface area contributed by atoms with E-state index in [0.717, 1.165) is 6.54 Å². The average molecular weight is 266 g/mol. The normalized spacial score (nSPS) is 14.6. The number of nitrogens with zero attached hydrogens (tertiary/aromatic N) is 1. The number of anilines is 2. The Bertz CT molecular complexity index is 571. The van der Waals surface area contributed by atoms with Crippen molar-refractivity contribution in [1.29, 1.82) is 0 Å². The van der Waals surface area contributed by atoms with Crippen LogP contribution in [0.25, 0.3) is 0 Å². The van der Waals surface area contributed by atoms with Gasteiger partial charge < -0.3 is 10.2 Å². The SMILES string of the molecule is Cc1cccc(CNc2ccccc2N2CCCC2)c1. The second kappa shape index (κ2) is 6.00. The van der Waals surface area contributed by atoms with Crippen LogP contribution in [0.4, 0.5) is 11.4 Å². The molecule has 0 saturated carbocycles. The Morgan fingerprint density at radius 2 is 1.80 bits per heavy atom. The molecule has 0 unspecified atom stereocenters. The Morgan fingerprint density at radius 1 is 1.00 bits per heavy atom. The number of hydrogen-bond donors (Lipinski definition) is 1. The summed E-state index contributed by atoms with van der Waals surface area (Å²) >= 11 is 0. The lowest BCUT2D eigenvalue weighted by Gasteiger charge is -2.22. The van der Waals surface area contributed by atoms with Crippen LogP contribution in [0.5, 0.6) is 0 Å². The first-order valence-corrected chi connectivity index (χ1v) is 7.46. The molecule has 3 rings (SSSR count). The van der Waals surface area contributed by atoms with Gasteiger partial charge in [0.2, 0.25) is 0 Å². The van der Waals surface area contributed by atoms with Gasteiger partial charge in [0.05, 0.1) is 11.4 Å². The Kier molecular flexibility index (Phi) is 3.91. The van der Waals surface area contributed by atoms with Crippen LogP contribution in [0.3, 0.4) is 0 Å². The lowest BCUT2D eigenvalue weighted by Crippen LogP contribution is -2.19. The van der Waals surface area contributed by atoms with E-state index in [1.165, 1.54) is 48.4 Å². The predicted octanol–water partition coefficient (Wildman–Crippen LogP) is 4.21. The lowest BCUT2D eigenvalue weighted by atomic mass is 10.1. The van der Waals surface area contributed by atoms with Crippen LogP contribution in [0.15, 0.2) is 48.5 Å². The lowest BCUT2D eigenvalue weighted by molar-refractivity contribution is 0.949. The summed E-state index contributed by atoms with van der Waals surface area (Å²) in [7, 11) is 0. The first kappa shape index (κ1) is 13.0. The quantitative estimate of drug-likeness (QED) is 0.892. The van der Waals surface area contributed by atoms with Gasteiger partial charge >= 0.3 is 0 Å². The highest BCUT2D eigenvalue weighted by molar-refractivity contribution is 5.70. The Balaban J connectivity index is 1.74. The van der Waals surface area contributed by atoms with Crippen molar-refractivity contribution in [2.45, 2.75) is 26.3 Å². The molecule has 1 saturated heterocycles. The second-order valence-electron chi connectivity index (χ2n) is 5.55. The summed E-state index contributed by atoms with van der Waals surface area (Å²) in [6.45, 7) is 5.39. The molecule has 1 aliphatic heterocycles. The summed E-state index contributed by atoms with van der Waals surface area (Å²) < 4.78 is 0. The standard InChI is InChI=1S/C18H22N2/c1-15-7-6-8-16(13-15)14-19-17-9-2-3-10-18(17)20-11-4-5-12-20/h2-3,6-10,13,19H,4-5,11-12,14H2,1H3. The van der Waals surface area contributed by atoms with Gasteiger partial charge in [0.1, 0.15) is 0 Å². The monoisotopic (exact) mass is 266 g/mol. The summed E-state index contributed by atoms with van der Waals surface area (Å²) in [5.74, 6) is 0. The van der Waals surface area contributed by atoms with Gasteiger partial charge in [-0.1, -0.05) is 42.0 Å². The molecule has 0 atom stereocenters. The van der Waals surface area contributed by atoms with Crippen LogP contribution < -0.4 is 10.2 Å². The van der Waals surface area contributed by atoms with Gasteiger partial charge in [-0.2, -0.15) is 0 Å². The van der Waals surface area contributed by atoms with E-state index in [4.69, 9.17) is 0 Å². The van der Waals surface area contributed by atoms with Crippen LogP contribution in [-0.2, 0) is 6.54 Å². The Labute approximate surface area is 121 Å². The van der Waals surface area contributed by atoms with Crippen molar-refractivity contribution in [2.75, 3.05) is 23.3 Å². The van der Waals surface area contributed by atoms with Gasteiger partial charge in [0.15, 0.2) is 0 Å². The maximum absolute atomic E-state index is 3.59. The molecule has 2 heteroatoms. The smallest absolute Gasteiger partial charge is 0.0602 e. The van der Waals surface area contributed by atoms with Crippen molar-refractivity contribution in [3.05, 3.63) is 59.7 Å². The third-order valence-corrected chi connectivity index (χ3v) is 3.92. The number of para-hydroxylation sites is 2. The van der Waals surface area contributed by atoms with Gasteiger partial charge in [-0.15, -0.1) is 0 Å². The number of benzene rings is 2. The molecule has 1 aliphatic rings. The molecule has 0 radical (unpaired) electrons. The zero-order valence-corrected chi connectivity index (χ0v) is 12.1. The molecular formula is C18H22N2. The van der Waals surface area contributed by atoms with Gasteiger partial charge in [0, 0.05) is 19.6 Å². The first-order valence-electron chi connectivity index (χ1n) is 7.46. The topological polar surface area (TPSA) is 15.3 Å². The molecule has 20 heavy (non-hydrogen) atoms. The van der Waals surface area contributed by atoms with Gasteiger partial charge in [-0.05, 0) is 37.5 Å². The van der Waals surface area contributed by atoms with Crippen molar-refractivity contribution in [3.63, 3.8) is 0 Å². The molecule has 0 amide bonds. The van der Waals surface area contributed by atoms with E-state index in [0.29, 0.717) is 0 Å². The van der Waals surface area contributed by atoms with E-state index >= 15 is 0 Å². The zero-order chi connectivity index (χ0) is 13.8. The molecule has 0 bridgehead atoms. The predicted molar refractivity (Wildman–Crippen MR) is 86.4 cm³/mol. The molecule has 2 aromatic rings. The minimum absolute atomic E-state index is 0.881. The Morgan fingerprint density at radius 3 is 2.60 bits per heavy atom. The summed E-state index contributed by atoms with van der Waals surface area (Å²) in [6, 6.07) is 17.3. The van der Waals surface area contributed by atoms with E-state index in [-0.39, 0.29) is 0 Å². The maximum atomic E-state index is 3.59. The number of nitrogens with one attached hydrogen (secondary N) is 1. The average Bonchev–Trinajstić information content (AvgIpc) is 3.00. The fraction of sp³-hybridized carbons (Fsp3) is 0.333. The van der Waals surface area contributed by atoms with E-state index in [9.17, 15) is 0 Å². The van der Waals surface area contributed by atoms with Gasteiger partial charge in [0.25, 0.3) is 0 Å². The molecule has 104 valence electrons. The largest absolute Gasteiger partial charge is 0.379 e. The molecule has 0 aliphatic carbocycles. The minimum atomic E-state index is 0.881. The van der Waals surface area contributed by atoms with E-state index < -0.39 is 0 Å². The van der Waals surface area contributed by atoms with Crippen LogP contribution in [0.2, 0.25) is 0 Å². The number of hydrogen-bond acceptors (Lipinski definition) is 2. The molecule has 0 aromatic heterocycles. The van der Waals surface area contributed by atoms with E-state index in [1.54, 1.807) is 0 Å². The zero-order valence-electron chi connectivity index (χ0n) is 12.1. The maximum Gasteiger partial charge on any atom is 0.0602 e. The highest BCUT2D eigenvalue weighted by Crippen LogP contribution is 2.28. The molecule has 1 heterocycles. The van der Waals surface area contributed by atoms with Crippen LogP contribution in [-0.4, -0.2) is 13.1 Å². The first-order chi connectivity index (χ1) is 9.83. The van der Waals surface area contributed by atoms with Gasteiger partial charge in [-0.25, -0.2) is 0 Å². The third kappa shape index (κ3) is 2.96. The molecule has 0 spiro atoms. The Hall–Kier alpha value is -1.96. The fourth-order valence-corrected chi connectivity index (χ4v) is 2.88. The van der Waals surface area contributed by atoms with Gasteiger partial charge in [-0.3, -0.25) is 0 Å².